The maximum atomic E-state index is 14.8. The molecule has 0 atom stereocenters. The molecular weight excluding hydrogens is 459 g/mol. The fourth-order valence-electron chi connectivity index (χ4n) is 3.88. The summed E-state index contributed by atoms with van der Waals surface area (Å²) >= 11 is 0. The summed E-state index contributed by atoms with van der Waals surface area (Å²) in [6.45, 7) is 2.70. The molecule has 0 bridgehead atoms. The third-order valence-corrected chi connectivity index (χ3v) is 6.04. The molecule has 0 saturated carbocycles. The van der Waals surface area contributed by atoms with Crippen LogP contribution in [0.25, 0.3) is 16.8 Å². The zero-order valence-corrected chi connectivity index (χ0v) is 19.2. The number of benzene rings is 2. The van der Waals surface area contributed by atoms with Gasteiger partial charge in [0.15, 0.2) is 0 Å². The van der Waals surface area contributed by atoms with Crippen LogP contribution in [-0.2, 0) is 14.8 Å². The van der Waals surface area contributed by atoms with Crippen molar-refractivity contribution in [3.05, 3.63) is 66.6 Å². The Morgan fingerprint density at radius 1 is 1.06 bits per heavy atom. The summed E-state index contributed by atoms with van der Waals surface area (Å²) in [5.41, 5.74) is 3.76. The van der Waals surface area contributed by atoms with Crippen LogP contribution in [0.2, 0.25) is 0 Å². The van der Waals surface area contributed by atoms with Crippen LogP contribution in [0.15, 0.2) is 60.8 Å². The predicted molar refractivity (Wildman–Crippen MR) is 130 cm³/mol. The summed E-state index contributed by atoms with van der Waals surface area (Å²) in [6.07, 6.45) is 2.74. The summed E-state index contributed by atoms with van der Waals surface area (Å²) in [7, 11) is -3.40. The molecular formula is C23H23FN6O3S. The van der Waals surface area contributed by atoms with Gasteiger partial charge >= 0.3 is 0 Å². The van der Waals surface area contributed by atoms with Crippen LogP contribution in [-0.4, -0.2) is 55.6 Å². The molecule has 9 nitrogen and oxygen atoms in total. The van der Waals surface area contributed by atoms with E-state index < -0.39 is 15.8 Å². The normalized spacial score (nSPS) is 14.4. The first kappa shape index (κ1) is 22.1. The number of hydrogen-bond acceptors (Lipinski definition) is 7. The standard InChI is InChI=1S/C23H23FN6O3S/c1-34(31,32)28-17-4-2-3-16(13-17)22-8-6-19-15-25-23(27-30(19)22)26-21-7-5-18(14-20(21)24)29-9-11-33-12-10-29/h2-8,13-15,28H,9-12H2,1H3,(H,26,27). The Labute approximate surface area is 196 Å². The molecule has 1 saturated heterocycles. The molecule has 2 aromatic heterocycles. The van der Waals surface area contributed by atoms with Gasteiger partial charge in [-0.1, -0.05) is 12.1 Å². The molecule has 0 spiro atoms. The van der Waals surface area contributed by atoms with Crippen molar-refractivity contribution in [2.24, 2.45) is 0 Å². The summed E-state index contributed by atoms with van der Waals surface area (Å²) in [6, 6.07) is 15.8. The van der Waals surface area contributed by atoms with Crippen molar-refractivity contribution in [2.75, 3.05) is 47.5 Å². The van der Waals surface area contributed by atoms with E-state index in [1.165, 1.54) is 6.07 Å². The number of hydrogen-bond donors (Lipinski definition) is 2. The molecule has 0 amide bonds. The van der Waals surface area contributed by atoms with Crippen molar-refractivity contribution in [2.45, 2.75) is 0 Å². The van der Waals surface area contributed by atoms with Crippen molar-refractivity contribution in [3.63, 3.8) is 0 Å². The van der Waals surface area contributed by atoms with E-state index in [0.29, 0.717) is 18.9 Å². The number of aromatic nitrogens is 3. The van der Waals surface area contributed by atoms with Crippen LogP contribution in [0, 0.1) is 5.82 Å². The molecule has 2 aromatic carbocycles. The van der Waals surface area contributed by atoms with Gasteiger partial charge in [-0.2, -0.15) is 0 Å². The zero-order chi connectivity index (χ0) is 23.7. The minimum atomic E-state index is -3.40. The Morgan fingerprint density at radius 2 is 1.88 bits per heavy atom. The lowest BCUT2D eigenvalue weighted by Gasteiger charge is -2.29. The van der Waals surface area contributed by atoms with Crippen molar-refractivity contribution in [1.29, 1.82) is 0 Å². The number of ether oxygens (including phenoxy) is 1. The topological polar surface area (TPSA) is 101 Å². The van der Waals surface area contributed by atoms with Gasteiger partial charge in [-0.15, -0.1) is 5.10 Å². The van der Waals surface area contributed by atoms with Crippen molar-refractivity contribution in [3.8, 4) is 11.3 Å². The van der Waals surface area contributed by atoms with E-state index in [2.05, 4.69) is 25.0 Å². The highest BCUT2D eigenvalue weighted by Crippen LogP contribution is 2.27. The Morgan fingerprint density at radius 3 is 2.65 bits per heavy atom. The molecule has 1 aliphatic heterocycles. The fourth-order valence-corrected chi connectivity index (χ4v) is 4.43. The number of halogens is 1. The monoisotopic (exact) mass is 482 g/mol. The quantitative estimate of drug-likeness (QED) is 0.434. The van der Waals surface area contributed by atoms with Gasteiger partial charge in [0.25, 0.3) is 0 Å². The minimum Gasteiger partial charge on any atom is -0.378 e. The van der Waals surface area contributed by atoms with E-state index >= 15 is 0 Å². The van der Waals surface area contributed by atoms with E-state index in [-0.39, 0.29) is 11.6 Å². The lowest BCUT2D eigenvalue weighted by atomic mass is 10.1. The first-order chi connectivity index (χ1) is 16.4. The largest absolute Gasteiger partial charge is 0.378 e. The lowest BCUT2D eigenvalue weighted by Crippen LogP contribution is -2.36. The summed E-state index contributed by atoms with van der Waals surface area (Å²) in [4.78, 5) is 6.38. The molecule has 3 heterocycles. The molecule has 2 N–H and O–H groups in total. The average molecular weight is 483 g/mol. The number of rotatable bonds is 6. The second-order valence-electron chi connectivity index (χ2n) is 7.98. The Balaban J connectivity index is 1.42. The number of nitrogens with one attached hydrogen (secondary N) is 2. The molecule has 34 heavy (non-hydrogen) atoms. The van der Waals surface area contributed by atoms with E-state index in [0.717, 1.165) is 41.8 Å². The van der Waals surface area contributed by atoms with E-state index in [4.69, 9.17) is 4.74 Å². The lowest BCUT2D eigenvalue weighted by molar-refractivity contribution is 0.122. The zero-order valence-electron chi connectivity index (χ0n) is 18.4. The highest BCUT2D eigenvalue weighted by Gasteiger charge is 2.15. The van der Waals surface area contributed by atoms with Crippen LogP contribution >= 0.6 is 0 Å². The smallest absolute Gasteiger partial charge is 0.245 e. The number of sulfonamides is 1. The Hall–Kier alpha value is -3.70. The Kier molecular flexibility index (Phi) is 5.80. The average Bonchev–Trinajstić information content (AvgIpc) is 3.23. The van der Waals surface area contributed by atoms with Crippen LogP contribution in [0.4, 0.5) is 27.4 Å². The predicted octanol–water partition coefficient (Wildman–Crippen LogP) is 3.49. The van der Waals surface area contributed by atoms with Gasteiger partial charge < -0.3 is 15.0 Å². The van der Waals surface area contributed by atoms with E-state index in [9.17, 15) is 12.8 Å². The molecule has 176 valence electrons. The van der Waals surface area contributed by atoms with Crippen molar-refractivity contribution in [1.82, 2.24) is 14.6 Å². The van der Waals surface area contributed by atoms with Crippen LogP contribution in [0.1, 0.15) is 0 Å². The van der Waals surface area contributed by atoms with E-state index in [1.54, 1.807) is 35.0 Å². The first-order valence-corrected chi connectivity index (χ1v) is 12.6. The number of fused-ring (bicyclic) bond motifs is 1. The van der Waals surface area contributed by atoms with Gasteiger partial charge in [-0.3, -0.25) is 4.72 Å². The third kappa shape index (κ3) is 4.80. The van der Waals surface area contributed by atoms with Gasteiger partial charge in [0.1, 0.15) is 5.82 Å². The molecule has 1 fully saturated rings. The van der Waals surface area contributed by atoms with Crippen LogP contribution in [0.5, 0.6) is 0 Å². The molecule has 5 rings (SSSR count). The second kappa shape index (κ2) is 8.92. The van der Waals surface area contributed by atoms with Gasteiger partial charge in [-0.25, -0.2) is 22.3 Å². The van der Waals surface area contributed by atoms with Gasteiger partial charge in [0, 0.05) is 30.0 Å². The number of anilines is 4. The molecule has 0 radical (unpaired) electrons. The highest BCUT2D eigenvalue weighted by atomic mass is 32.2. The van der Waals surface area contributed by atoms with Crippen LogP contribution in [0.3, 0.4) is 0 Å². The maximum absolute atomic E-state index is 14.8. The van der Waals surface area contributed by atoms with Gasteiger partial charge in [-0.05, 0) is 42.5 Å². The third-order valence-electron chi connectivity index (χ3n) is 5.44. The molecule has 1 aliphatic rings. The van der Waals surface area contributed by atoms with Crippen LogP contribution < -0.4 is 14.9 Å². The van der Waals surface area contributed by atoms with Gasteiger partial charge in [0.2, 0.25) is 16.0 Å². The van der Waals surface area contributed by atoms with Gasteiger partial charge in [0.05, 0.1) is 42.6 Å². The maximum Gasteiger partial charge on any atom is 0.245 e. The second-order valence-corrected chi connectivity index (χ2v) is 9.73. The minimum absolute atomic E-state index is 0.230. The van der Waals surface area contributed by atoms with E-state index in [1.807, 2.05) is 24.3 Å². The highest BCUT2D eigenvalue weighted by molar-refractivity contribution is 7.92. The summed E-state index contributed by atoms with van der Waals surface area (Å²) < 4.78 is 47.5. The first-order valence-electron chi connectivity index (χ1n) is 10.7. The summed E-state index contributed by atoms with van der Waals surface area (Å²) in [5.74, 6) is -0.173. The molecule has 11 heteroatoms. The van der Waals surface area contributed by atoms with Crippen molar-refractivity contribution >= 4 is 38.6 Å². The number of nitrogens with zero attached hydrogens (tertiary/aromatic N) is 4. The molecule has 0 aliphatic carbocycles. The fraction of sp³-hybridized carbons (Fsp3) is 0.217. The van der Waals surface area contributed by atoms with Crippen molar-refractivity contribution < 1.29 is 17.5 Å². The molecule has 4 aromatic rings. The molecule has 0 unspecified atom stereocenters. The number of morpholine rings is 1. The SMILES string of the molecule is CS(=O)(=O)Nc1cccc(-c2ccc3cnc(Nc4ccc(N5CCOCC5)cc4F)nn23)c1. The summed E-state index contributed by atoms with van der Waals surface area (Å²) in [5, 5.41) is 7.48. The Bertz CT molecular complexity index is 1450.